The van der Waals surface area contributed by atoms with Crippen LogP contribution in [0.15, 0.2) is 8.60 Å². The van der Waals surface area contributed by atoms with Gasteiger partial charge < -0.3 is 17.3 Å². The molecule has 0 aromatic rings. The summed E-state index contributed by atoms with van der Waals surface area (Å²) in [4.78, 5) is 0. The van der Waals surface area contributed by atoms with Crippen LogP contribution in [0.1, 0.15) is 0 Å². The summed E-state index contributed by atoms with van der Waals surface area (Å²) in [6.45, 7) is 0. The Bertz CT molecular complexity index is 132. The second-order valence-corrected chi connectivity index (χ2v) is 9.66. The standard InChI is InChI=1S/H6N4Si4/c1-5-3-4(6-1)8-2-7-3/h5,8H,6-7H2. The van der Waals surface area contributed by atoms with Crippen molar-refractivity contribution in [3.8, 4) is 0 Å². The first-order valence-electron chi connectivity index (χ1n) is 2.50. The highest BCUT2D eigenvalue weighted by atomic mass is 28.3. The van der Waals surface area contributed by atoms with Gasteiger partial charge in [-0.15, -0.1) is 0 Å². The Morgan fingerprint density at radius 1 is 1.00 bits per heavy atom. The minimum atomic E-state index is -0.128. The molecule has 0 aliphatic carbocycles. The fourth-order valence-electron chi connectivity index (χ4n) is 0.797. The van der Waals surface area contributed by atoms with Gasteiger partial charge in [0.2, 0.25) is 18.9 Å². The van der Waals surface area contributed by atoms with Gasteiger partial charge in [0.05, 0.1) is 0 Å². The van der Waals surface area contributed by atoms with Crippen molar-refractivity contribution in [2.24, 2.45) is 8.60 Å². The van der Waals surface area contributed by atoms with Crippen LogP contribution in [0.2, 0.25) is 0 Å². The number of fused-ring (bicyclic) bond motifs is 1. The summed E-state index contributed by atoms with van der Waals surface area (Å²) in [5.41, 5.74) is 0. The van der Waals surface area contributed by atoms with Gasteiger partial charge in [-0.1, -0.05) is 0 Å². The lowest BCUT2D eigenvalue weighted by atomic mass is 12.9. The van der Waals surface area contributed by atoms with Gasteiger partial charge in [-0.2, -0.15) is 0 Å². The third kappa shape index (κ3) is 0.604. The molecule has 8 heavy (non-hydrogen) atoms. The van der Waals surface area contributed by atoms with Gasteiger partial charge >= 0.3 is 0 Å². The average molecular weight is 174 g/mol. The van der Waals surface area contributed by atoms with Gasteiger partial charge in [0.25, 0.3) is 19.7 Å². The van der Waals surface area contributed by atoms with E-state index in [4.69, 9.17) is 0 Å². The minimum absolute atomic E-state index is 0.128. The molecule has 0 N–H and O–H groups in total. The van der Waals surface area contributed by atoms with Gasteiger partial charge in [-0.25, -0.2) is 0 Å². The largest absolute Gasteiger partial charge is 0.335 e. The maximum Gasteiger partial charge on any atom is 0.252 e. The zero-order valence-electron chi connectivity index (χ0n) is 4.36. The molecule has 0 aromatic heterocycles. The van der Waals surface area contributed by atoms with E-state index in [0.29, 0.717) is 18.9 Å². The summed E-state index contributed by atoms with van der Waals surface area (Å²) in [5.74, 6) is 0. The van der Waals surface area contributed by atoms with E-state index >= 15 is 0 Å². The summed E-state index contributed by atoms with van der Waals surface area (Å²) in [7, 11) is 0.427. The molecule has 4 nitrogen and oxygen atoms in total. The van der Waals surface area contributed by atoms with Crippen LogP contribution in [0.25, 0.3) is 0 Å². The molecular weight excluding hydrogens is 168 g/mol. The van der Waals surface area contributed by atoms with Crippen LogP contribution in [0.4, 0.5) is 0 Å². The molecule has 0 radical (unpaired) electrons. The third-order valence-electron chi connectivity index (χ3n) is 1.21. The first kappa shape index (κ1) is 4.90. The summed E-state index contributed by atoms with van der Waals surface area (Å²) in [6, 6.07) is 0. The van der Waals surface area contributed by atoms with E-state index < -0.39 is 0 Å². The molecule has 0 amide bonds. The monoisotopic (exact) mass is 174 g/mol. The zero-order valence-corrected chi connectivity index (χ0v) is 9.50. The lowest BCUT2D eigenvalue weighted by molar-refractivity contribution is 0.460. The Morgan fingerprint density at radius 2 is 1.50 bits per heavy atom. The molecule has 8 heteroatoms. The summed E-state index contributed by atoms with van der Waals surface area (Å²) >= 11 is 0. The lowest BCUT2D eigenvalue weighted by Gasteiger charge is -2.17. The molecule has 42 valence electrons. The molecule has 0 aromatic carbocycles. The molecule has 2 heterocycles. The van der Waals surface area contributed by atoms with E-state index in [-0.39, 0.29) is 19.7 Å². The molecule has 0 saturated carbocycles. The Hall–Kier alpha value is 0.0675. The predicted octanol–water partition coefficient (Wildman–Crippen LogP) is -3.40. The van der Waals surface area contributed by atoms with E-state index in [1.165, 1.54) is 0 Å². The molecule has 2 rings (SSSR count). The minimum Gasteiger partial charge on any atom is -0.335 e. The maximum absolute atomic E-state index is 4.44. The predicted molar refractivity (Wildman–Crippen MR) is 39.9 cm³/mol. The van der Waals surface area contributed by atoms with Crippen molar-refractivity contribution < 1.29 is 0 Å². The van der Waals surface area contributed by atoms with Crippen molar-refractivity contribution in [2.45, 2.75) is 0 Å². The number of rotatable bonds is 0. The first-order chi connectivity index (χ1) is 3.97. The quantitative estimate of drug-likeness (QED) is 0.359. The average Bonchev–Trinajstić information content (AvgIpc) is 2.15. The van der Waals surface area contributed by atoms with Crippen molar-refractivity contribution in [1.29, 1.82) is 0 Å². The van der Waals surface area contributed by atoms with E-state index in [9.17, 15) is 0 Å². The second kappa shape index (κ2) is 1.79. The van der Waals surface area contributed by atoms with Crippen molar-refractivity contribution in [3.63, 3.8) is 0 Å². The van der Waals surface area contributed by atoms with Crippen molar-refractivity contribution in [2.75, 3.05) is 0 Å². The Labute approximate surface area is 56.5 Å². The number of hydrogen-bond acceptors (Lipinski definition) is 4. The third-order valence-corrected chi connectivity index (χ3v) is 9.54. The summed E-state index contributed by atoms with van der Waals surface area (Å²) in [5, 5.41) is 0. The molecule has 0 atom stereocenters. The molecule has 0 spiro atoms. The Balaban J connectivity index is 2.20. The molecule has 0 bridgehead atoms. The van der Waals surface area contributed by atoms with E-state index in [1.54, 1.807) is 0 Å². The SMILES string of the molecule is N1=[SiH]N2[SiH2]N=[SiH]N2[SiH2]1. The van der Waals surface area contributed by atoms with Crippen molar-refractivity contribution in [3.05, 3.63) is 0 Å². The van der Waals surface area contributed by atoms with Crippen LogP contribution in [0.5, 0.6) is 0 Å². The molecule has 0 unspecified atom stereocenters. The highest BCUT2D eigenvalue weighted by molar-refractivity contribution is 6.64. The maximum atomic E-state index is 4.44. The highest BCUT2D eigenvalue weighted by Gasteiger charge is 2.17. The Kier molecular flexibility index (Phi) is 1.09. The summed E-state index contributed by atoms with van der Waals surface area (Å²) in [6.07, 6.45) is 0. The highest BCUT2D eigenvalue weighted by Crippen LogP contribution is 1.98. The lowest BCUT2D eigenvalue weighted by Crippen LogP contribution is -2.35. The topological polar surface area (TPSA) is 31.2 Å². The van der Waals surface area contributed by atoms with Gasteiger partial charge in [-0.05, 0) is 0 Å². The number of hydrogen-bond donors (Lipinski definition) is 0. The smallest absolute Gasteiger partial charge is 0.252 e. The van der Waals surface area contributed by atoms with Crippen LogP contribution < -0.4 is 0 Å². The zero-order chi connectivity index (χ0) is 5.40. The number of hydrazine groups is 1. The van der Waals surface area contributed by atoms with Crippen LogP contribution >= 0.6 is 0 Å². The number of nitrogens with zero attached hydrogens (tertiary/aromatic N) is 4. The van der Waals surface area contributed by atoms with E-state index in [1.807, 2.05) is 0 Å². The first-order valence-corrected chi connectivity index (χ1v) is 7.09. The molecular formula is H6N4Si4. The van der Waals surface area contributed by atoms with Gasteiger partial charge in [0.15, 0.2) is 0 Å². The molecule has 0 fully saturated rings. The molecule has 2 aliphatic heterocycles. The Morgan fingerprint density at radius 3 is 2.00 bits per heavy atom. The van der Waals surface area contributed by atoms with E-state index in [0.717, 1.165) is 0 Å². The fraction of sp³-hybridized carbons (Fsp3) is 0. The van der Waals surface area contributed by atoms with Gasteiger partial charge in [-0.3, -0.25) is 0 Å². The second-order valence-electron chi connectivity index (χ2n) is 1.76. The molecule has 2 aliphatic rings. The fourth-order valence-corrected chi connectivity index (χ4v) is 10.9. The van der Waals surface area contributed by atoms with Gasteiger partial charge in [0, 0.05) is 0 Å². The van der Waals surface area contributed by atoms with E-state index in [2.05, 4.69) is 17.3 Å². The van der Waals surface area contributed by atoms with Crippen molar-refractivity contribution in [1.82, 2.24) is 8.68 Å². The van der Waals surface area contributed by atoms with Crippen LogP contribution in [0, 0.1) is 0 Å². The summed E-state index contributed by atoms with van der Waals surface area (Å²) < 4.78 is 13.8. The van der Waals surface area contributed by atoms with Crippen LogP contribution in [0.3, 0.4) is 0 Å². The van der Waals surface area contributed by atoms with Crippen LogP contribution in [-0.2, 0) is 0 Å². The molecule has 0 saturated heterocycles. The van der Waals surface area contributed by atoms with Gasteiger partial charge in [0.1, 0.15) is 0 Å². The normalized spacial score (nSPS) is 29.0. The van der Waals surface area contributed by atoms with Crippen LogP contribution in [-0.4, -0.2) is 47.3 Å². The van der Waals surface area contributed by atoms with Crippen molar-refractivity contribution >= 4 is 38.6 Å².